The first-order valence-electron chi connectivity index (χ1n) is 12.9. The summed E-state index contributed by atoms with van der Waals surface area (Å²) in [6, 6.07) is 17.7. The zero-order chi connectivity index (χ0) is 29.9. The van der Waals surface area contributed by atoms with Crippen LogP contribution < -0.4 is 16.6 Å². The third-order valence-corrected chi connectivity index (χ3v) is 6.82. The first-order valence-corrected chi connectivity index (χ1v) is 13.3. The van der Waals surface area contributed by atoms with Gasteiger partial charge in [-0.2, -0.15) is 0 Å². The van der Waals surface area contributed by atoms with Gasteiger partial charge in [-0.1, -0.05) is 66.2 Å². The van der Waals surface area contributed by atoms with Gasteiger partial charge in [-0.25, -0.2) is 18.4 Å². The smallest absolute Gasteiger partial charge is 0.408 e. The number of carbonyl (C=O) groups is 1. The number of hydrogen-bond donors (Lipinski definition) is 1. The van der Waals surface area contributed by atoms with Crippen molar-refractivity contribution in [2.75, 3.05) is 0 Å². The maximum absolute atomic E-state index is 15.0. The van der Waals surface area contributed by atoms with Crippen LogP contribution in [0.1, 0.15) is 43.6 Å². The number of alkyl carbamates (subject to hydrolysis) is 1. The fraction of sp³-hybridized carbons (Fsp3) is 0.258. The molecule has 214 valence electrons. The number of carbonyl (C=O) groups excluding carboxylic acids is 1. The first kappa shape index (κ1) is 29.7. The number of benzene rings is 3. The van der Waals surface area contributed by atoms with Crippen molar-refractivity contribution in [2.45, 2.75) is 52.4 Å². The summed E-state index contributed by atoms with van der Waals surface area (Å²) < 4.78 is 37.3. The zero-order valence-corrected chi connectivity index (χ0v) is 23.8. The summed E-state index contributed by atoms with van der Waals surface area (Å²) in [5, 5.41) is 2.83. The molecule has 0 saturated carbocycles. The lowest BCUT2D eigenvalue weighted by atomic mass is 10.0. The van der Waals surface area contributed by atoms with Crippen molar-refractivity contribution in [3.8, 4) is 11.1 Å². The van der Waals surface area contributed by atoms with Gasteiger partial charge in [-0.3, -0.25) is 13.9 Å². The van der Waals surface area contributed by atoms with Crippen molar-refractivity contribution >= 4 is 17.7 Å². The predicted molar refractivity (Wildman–Crippen MR) is 154 cm³/mol. The largest absolute Gasteiger partial charge is 0.444 e. The van der Waals surface area contributed by atoms with E-state index in [4.69, 9.17) is 16.3 Å². The van der Waals surface area contributed by atoms with Gasteiger partial charge in [0.25, 0.3) is 5.56 Å². The number of hydrogen-bond acceptors (Lipinski definition) is 4. The van der Waals surface area contributed by atoms with Crippen molar-refractivity contribution in [2.24, 2.45) is 0 Å². The third kappa shape index (κ3) is 6.74. The molecule has 4 aromatic rings. The van der Waals surface area contributed by atoms with Crippen molar-refractivity contribution in [3.63, 3.8) is 0 Å². The molecule has 1 amide bonds. The third-order valence-electron chi connectivity index (χ3n) is 6.47. The number of halogens is 3. The molecule has 0 spiro atoms. The molecular weight excluding hydrogens is 552 g/mol. The number of nitrogens with zero attached hydrogens (tertiary/aromatic N) is 2. The highest BCUT2D eigenvalue weighted by molar-refractivity contribution is 6.31. The van der Waals surface area contributed by atoms with E-state index in [2.05, 4.69) is 5.32 Å². The fourth-order valence-electron chi connectivity index (χ4n) is 4.52. The molecule has 0 radical (unpaired) electrons. The standard InChI is InChI=1S/C31H30ClF2N3O4/c1-19-27(21-13-8-9-15-24(21)33)28(38)37(30(40)36(19)17-22-23(32)14-10-16-25(22)34)18-26(20-11-6-5-7-12-20)35-29(39)41-31(2,3)4/h5-16,26H,17-18H2,1-4H3,(H,35,39)/t26-/m0/s1. The molecule has 0 saturated heterocycles. The van der Waals surface area contributed by atoms with Gasteiger partial charge < -0.3 is 10.1 Å². The van der Waals surface area contributed by atoms with E-state index >= 15 is 4.39 Å². The fourth-order valence-corrected chi connectivity index (χ4v) is 4.74. The number of aromatic nitrogens is 2. The van der Waals surface area contributed by atoms with Gasteiger partial charge in [0.1, 0.15) is 17.2 Å². The van der Waals surface area contributed by atoms with Gasteiger partial charge in [0.05, 0.1) is 24.7 Å². The SMILES string of the molecule is Cc1c(-c2ccccc2F)c(=O)n(C[C@H](NC(=O)OC(C)(C)C)c2ccccc2)c(=O)n1Cc1c(F)cccc1Cl. The average Bonchev–Trinajstić information content (AvgIpc) is 2.90. The van der Waals surface area contributed by atoms with Crippen LogP contribution in [0.4, 0.5) is 13.6 Å². The molecular formula is C31H30ClF2N3O4. The molecule has 1 atom stereocenters. The Bertz CT molecular complexity index is 1670. The zero-order valence-electron chi connectivity index (χ0n) is 23.1. The molecule has 0 aliphatic carbocycles. The maximum atomic E-state index is 15.0. The molecule has 0 bridgehead atoms. The molecule has 0 unspecified atom stereocenters. The molecule has 41 heavy (non-hydrogen) atoms. The van der Waals surface area contributed by atoms with Crippen LogP contribution in [0.2, 0.25) is 5.02 Å². The van der Waals surface area contributed by atoms with E-state index in [-0.39, 0.29) is 40.5 Å². The summed E-state index contributed by atoms with van der Waals surface area (Å²) in [5.74, 6) is -1.30. The van der Waals surface area contributed by atoms with Gasteiger partial charge in [0, 0.05) is 21.8 Å². The highest BCUT2D eigenvalue weighted by Crippen LogP contribution is 2.25. The molecule has 1 aromatic heterocycles. The van der Waals surface area contributed by atoms with Crippen molar-refractivity contribution < 1.29 is 18.3 Å². The maximum Gasteiger partial charge on any atom is 0.408 e. The predicted octanol–water partition coefficient (Wildman–Crippen LogP) is 6.23. The van der Waals surface area contributed by atoms with Gasteiger partial charge in [0.15, 0.2) is 0 Å². The van der Waals surface area contributed by atoms with Crippen LogP contribution in [0.15, 0.2) is 82.4 Å². The molecule has 0 aliphatic heterocycles. The van der Waals surface area contributed by atoms with Crippen LogP contribution in [-0.2, 0) is 17.8 Å². The Balaban J connectivity index is 1.92. The van der Waals surface area contributed by atoms with E-state index in [1.165, 1.54) is 47.9 Å². The van der Waals surface area contributed by atoms with Gasteiger partial charge in [0.2, 0.25) is 0 Å². The van der Waals surface area contributed by atoms with Crippen LogP contribution in [0.25, 0.3) is 11.1 Å². The quantitative estimate of drug-likeness (QED) is 0.280. The number of amides is 1. The minimum absolute atomic E-state index is 0.0199. The van der Waals surface area contributed by atoms with Gasteiger partial charge in [-0.05, 0) is 51.5 Å². The summed E-state index contributed by atoms with van der Waals surface area (Å²) in [4.78, 5) is 40.6. The Morgan fingerprint density at radius 1 is 0.927 bits per heavy atom. The second kappa shape index (κ2) is 12.1. The number of nitrogens with one attached hydrogen (secondary N) is 1. The van der Waals surface area contributed by atoms with Crippen molar-refractivity contribution in [1.82, 2.24) is 14.5 Å². The Kier molecular flexibility index (Phi) is 8.77. The normalized spacial score (nSPS) is 12.2. The highest BCUT2D eigenvalue weighted by Gasteiger charge is 2.26. The highest BCUT2D eigenvalue weighted by atomic mass is 35.5. The lowest BCUT2D eigenvalue weighted by Gasteiger charge is -2.25. The minimum atomic E-state index is -0.877. The van der Waals surface area contributed by atoms with Crippen molar-refractivity contribution in [3.05, 3.63) is 127 Å². The van der Waals surface area contributed by atoms with E-state index in [0.717, 1.165) is 4.57 Å². The molecule has 1 N–H and O–H groups in total. The average molecular weight is 582 g/mol. The minimum Gasteiger partial charge on any atom is -0.444 e. The van der Waals surface area contributed by atoms with Crippen LogP contribution in [0, 0.1) is 18.6 Å². The summed E-state index contributed by atoms with van der Waals surface area (Å²) in [6.45, 7) is 6.00. The summed E-state index contributed by atoms with van der Waals surface area (Å²) in [6.07, 6.45) is -0.751. The van der Waals surface area contributed by atoms with E-state index in [1.807, 2.05) is 0 Å². The second-order valence-corrected chi connectivity index (χ2v) is 10.9. The lowest BCUT2D eigenvalue weighted by molar-refractivity contribution is 0.0497. The molecule has 7 nitrogen and oxygen atoms in total. The first-order chi connectivity index (χ1) is 19.4. The van der Waals surface area contributed by atoms with Crippen LogP contribution in [0.5, 0.6) is 0 Å². The summed E-state index contributed by atoms with van der Waals surface area (Å²) in [7, 11) is 0. The molecule has 10 heteroatoms. The second-order valence-electron chi connectivity index (χ2n) is 10.5. The summed E-state index contributed by atoms with van der Waals surface area (Å²) in [5.41, 5.74) is -1.66. The van der Waals surface area contributed by atoms with Crippen LogP contribution >= 0.6 is 11.6 Å². The Morgan fingerprint density at radius 3 is 2.20 bits per heavy atom. The van der Waals surface area contributed by atoms with E-state index in [1.54, 1.807) is 57.2 Å². The van der Waals surface area contributed by atoms with Crippen LogP contribution in [0.3, 0.4) is 0 Å². The monoisotopic (exact) mass is 581 g/mol. The van der Waals surface area contributed by atoms with Crippen molar-refractivity contribution in [1.29, 1.82) is 0 Å². The molecule has 0 aliphatic rings. The molecule has 1 heterocycles. The molecule has 0 fully saturated rings. The van der Waals surface area contributed by atoms with Crippen LogP contribution in [-0.4, -0.2) is 20.8 Å². The number of rotatable bonds is 7. The van der Waals surface area contributed by atoms with Gasteiger partial charge in [-0.15, -0.1) is 0 Å². The Hall–Kier alpha value is -4.24. The van der Waals surface area contributed by atoms with E-state index in [0.29, 0.717) is 5.56 Å². The topological polar surface area (TPSA) is 82.3 Å². The van der Waals surface area contributed by atoms with E-state index in [9.17, 15) is 18.8 Å². The van der Waals surface area contributed by atoms with E-state index < -0.39 is 40.6 Å². The molecule has 3 aromatic carbocycles. The molecule has 4 rings (SSSR count). The van der Waals surface area contributed by atoms with Gasteiger partial charge >= 0.3 is 11.8 Å². The number of ether oxygens (including phenoxy) is 1. The Morgan fingerprint density at radius 2 is 1.56 bits per heavy atom. The Labute approximate surface area is 241 Å². The lowest BCUT2D eigenvalue weighted by Crippen LogP contribution is -2.46. The summed E-state index contributed by atoms with van der Waals surface area (Å²) >= 11 is 6.27.